The van der Waals surface area contributed by atoms with Crippen LogP contribution in [0.3, 0.4) is 0 Å². The predicted octanol–water partition coefficient (Wildman–Crippen LogP) is 4.65. The number of nitrogens with two attached hydrogens (primary N) is 1. The van der Waals surface area contributed by atoms with E-state index in [1.54, 1.807) is 0 Å². The van der Waals surface area contributed by atoms with Crippen LogP contribution in [0.25, 0.3) is 0 Å². The van der Waals surface area contributed by atoms with Crippen LogP contribution >= 0.6 is 15.9 Å². The Balaban J connectivity index is 2.25. The first-order chi connectivity index (χ1) is 8.60. The third-order valence-electron chi connectivity index (χ3n) is 3.00. The van der Waals surface area contributed by atoms with E-state index in [0.717, 1.165) is 33.5 Å². The first-order valence-electron chi connectivity index (χ1n) is 6.01. The van der Waals surface area contributed by atoms with E-state index in [9.17, 15) is 0 Å². The maximum absolute atomic E-state index is 5.86. The molecule has 0 saturated carbocycles. The second-order valence-corrected chi connectivity index (χ2v) is 5.22. The van der Waals surface area contributed by atoms with Crippen LogP contribution in [0.5, 0.6) is 0 Å². The third-order valence-corrected chi connectivity index (χ3v) is 3.65. The summed E-state index contributed by atoms with van der Waals surface area (Å²) in [4.78, 5) is 0. The van der Waals surface area contributed by atoms with Gasteiger partial charge in [-0.2, -0.15) is 0 Å². The Morgan fingerprint density at radius 3 is 2.44 bits per heavy atom. The number of rotatable bonds is 3. The Morgan fingerprint density at radius 1 is 1.17 bits per heavy atom. The molecule has 3 N–H and O–H groups in total. The number of hydrogen-bond donors (Lipinski definition) is 2. The molecule has 94 valence electrons. The highest BCUT2D eigenvalue weighted by Gasteiger charge is 2.04. The number of aryl methyl sites for hydroxylation is 2. The molecule has 0 fully saturated rings. The van der Waals surface area contributed by atoms with Crippen molar-refractivity contribution in [3.05, 3.63) is 52.0 Å². The predicted molar refractivity (Wildman–Crippen MR) is 82.4 cm³/mol. The normalized spacial score (nSPS) is 10.4. The summed E-state index contributed by atoms with van der Waals surface area (Å²) in [5, 5.41) is 3.39. The van der Waals surface area contributed by atoms with Crippen LogP contribution in [0.2, 0.25) is 0 Å². The number of hydrogen-bond acceptors (Lipinski definition) is 2. The van der Waals surface area contributed by atoms with Crippen molar-refractivity contribution in [1.82, 2.24) is 0 Å². The van der Waals surface area contributed by atoms with E-state index in [4.69, 9.17) is 5.73 Å². The number of halogens is 1. The minimum atomic E-state index is 0.800. The number of anilines is 3. The van der Waals surface area contributed by atoms with Gasteiger partial charge >= 0.3 is 0 Å². The molecule has 0 heterocycles. The van der Waals surface area contributed by atoms with Gasteiger partial charge in [0.25, 0.3) is 0 Å². The highest BCUT2D eigenvalue weighted by atomic mass is 79.9. The molecule has 2 rings (SSSR count). The van der Waals surface area contributed by atoms with Crippen LogP contribution in [0.1, 0.15) is 18.1 Å². The second-order valence-electron chi connectivity index (χ2n) is 4.36. The molecule has 0 bridgehead atoms. The molecular formula is C15H17BrN2. The van der Waals surface area contributed by atoms with E-state index in [-0.39, 0.29) is 0 Å². The lowest BCUT2D eigenvalue weighted by molar-refractivity contribution is 1.14. The van der Waals surface area contributed by atoms with Crippen molar-refractivity contribution >= 4 is 33.0 Å². The second kappa shape index (κ2) is 5.44. The molecule has 0 aliphatic rings. The van der Waals surface area contributed by atoms with Gasteiger partial charge in [0.15, 0.2) is 0 Å². The summed E-state index contributed by atoms with van der Waals surface area (Å²) >= 11 is 3.52. The Bertz CT molecular complexity index is 547. The molecule has 0 radical (unpaired) electrons. The zero-order chi connectivity index (χ0) is 13.1. The molecule has 0 aliphatic carbocycles. The summed E-state index contributed by atoms with van der Waals surface area (Å²) in [6, 6.07) is 12.4. The lowest BCUT2D eigenvalue weighted by Crippen LogP contribution is -1.96. The Kier molecular flexibility index (Phi) is 3.92. The van der Waals surface area contributed by atoms with Gasteiger partial charge in [-0.3, -0.25) is 0 Å². The van der Waals surface area contributed by atoms with Gasteiger partial charge in [-0.1, -0.05) is 19.1 Å². The van der Waals surface area contributed by atoms with Gasteiger partial charge in [0, 0.05) is 15.8 Å². The van der Waals surface area contributed by atoms with Crippen LogP contribution in [-0.4, -0.2) is 0 Å². The number of benzene rings is 2. The fraction of sp³-hybridized carbons (Fsp3) is 0.200. The summed E-state index contributed by atoms with van der Waals surface area (Å²) in [7, 11) is 0. The molecule has 2 nitrogen and oxygen atoms in total. The standard InChI is InChI=1S/C15H17BrN2/c1-3-11-4-6-12(7-5-11)18-15-8-10(2)14(17)9-13(15)16/h4-9,18H,3,17H2,1-2H3. The van der Waals surface area contributed by atoms with Crippen LogP contribution in [0.15, 0.2) is 40.9 Å². The van der Waals surface area contributed by atoms with Gasteiger partial charge in [0.2, 0.25) is 0 Å². The summed E-state index contributed by atoms with van der Waals surface area (Å²) in [5.41, 5.74) is 11.2. The van der Waals surface area contributed by atoms with E-state index in [0.29, 0.717) is 0 Å². The average molecular weight is 305 g/mol. The molecule has 0 atom stereocenters. The fourth-order valence-electron chi connectivity index (χ4n) is 1.77. The summed E-state index contributed by atoms with van der Waals surface area (Å²) in [5.74, 6) is 0. The van der Waals surface area contributed by atoms with Gasteiger partial charge in [-0.05, 0) is 64.7 Å². The molecule has 0 unspecified atom stereocenters. The van der Waals surface area contributed by atoms with Gasteiger partial charge in [-0.25, -0.2) is 0 Å². The maximum atomic E-state index is 5.86. The summed E-state index contributed by atoms with van der Waals surface area (Å²) in [6.45, 7) is 4.16. The molecule has 3 heteroatoms. The molecule has 0 aromatic heterocycles. The van der Waals surface area contributed by atoms with E-state index in [1.807, 2.05) is 19.1 Å². The zero-order valence-corrected chi connectivity index (χ0v) is 12.2. The van der Waals surface area contributed by atoms with Crippen LogP contribution in [0, 0.1) is 6.92 Å². The quantitative estimate of drug-likeness (QED) is 0.810. The third kappa shape index (κ3) is 2.85. The minimum Gasteiger partial charge on any atom is -0.398 e. The Hall–Kier alpha value is -1.48. The van der Waals surface area contributed by atoms with Crippen molar-refractivity contribution in [3.8, 4) is 0 Å². The molecule has 0 saturated heterocycles. The molecule has 0 amide bonds. The fourth-order valence-corrected chi connectivity index (χ4v) is 2.23. The lowest BCUT2D eigenvalue weighted by atomic mass is 10.1. The highest BCUT2D eigenvalue weighted by Crippen LogP contribution is 2.30. The summed E-state index contributed by atoms with van der Waals surface area (Å²) in [6.07, 6.45) is 1.06. The molecule has 0 aliphatic heterocycles. The summed E-state index contributed by atoms with van der Waals surface area (Å²) < 4.78 is 0.977. The highest BCUT2D eigenvalue weighted by molar-refractivity contribution is 9.10. The average Bonchev–Trinajstić information content (AvgIpc) is 2.37. The van der Waals surface area contributed by atoms with Crippen molar-refractivity contribution in [1.29, 1.82) is 0 Å². The van der Waals surface area contributed by atoms with Crippen LogP contribution in [0.4, 0.5) is 17.1 Å². The number of nitrogens with one attached hydrogen (secondary N) is 1. The Morgan fingerprint density at radius 2 is 1.83 bits per heavy atom. The van der Waals surface area contributed by atoms with E-state index >= 15 is 0 Å². The van der Waals surface area contributed by atoms with Crippen molar-refractivity contribution in [2.45, 2.75) is 20.3 Å². The first-order valence-corrected chi connectivity index (χ1v) is 6.81. The topological polar surface area (TPSA) is 38.0 Å². The van der Waals surface area contributed by atoms with E-state index < -0.39 is 0 Å². The number of nitrogen functional groups attached to an aromatic ring is 1. The van der Waals surface area contributed by atoms with Gasteiger partial charge in [0.1, 0.15) is 0 Å². The SMILES string of the molecule is CCc1ccc(Nc2cc(C)c(N)cc2Br)cc1. The minimum absolute atomic E-state index is 0.800. The molecule has 2 aromatic rings. The molecule has 2 aromatic carbocycles. The first kappa shape index (κ1) is 13.0. The van der Waals surface area contributed by atoms with Crippen LogP contribution in [-0.2, 0) is 6.42 Å². The van der Waals surface area contributed by atoms with Crippen LogP contribution < -0.4 is 11.1 Å². The smallest absolute Gasteiger partial charge is 0.0532 e. The van der Waals surface area contributed by atoms with E-state index in [2.05, 4.69) is 52.4 Å². The molecule has 18 heavy (non-hydrogen) atoms. The van der Waals surface area contributed by atoms with Crippen molar-refractivity contribution < 1.29 is 0 Å². The van der Waals surface area contributed by atoms with Crippen molar-refractivity contribution in [3.63, 3.8) is 0 Å². The van der Waals surface area contributed by atoms with E-state index in [1.165, 1.54) is 5.56 Å². The zero-order valence-electron chi connectivity index (χ0n) is 10.6. The monoisotopic (exact) mass is 304 g/mol. The lowest BCUT2D eigenvalue weighted by Gasteiger charge is -2.11. The molecular weight excluding hydrogens is 288 g/mol. The largest absolute Gasteiger partial charge is 0.398 e. The molecule has 0 spiro atoms. The Labute approximate surface area is 116 Å². The van der Waals surface area contributed by atoms with Crippen molar-refractivity contribution in [2.24, 2.45) is 0 Å². The maximum Gasteiger partial charge on any atom is 0.0532 e. The van der Waals surface area contributed by atoms with Crippen molar-refractivity contribution in [2.75, 3.05) is 11.1 Å². The van der Waals surface area contributed by atoms with Gasteiger partial charge < -0.3 is 11.1 Å². The van der Waals surface area contributed by atoms with Gasteiger partial charge in [-0.15, -0.1) is 0 Å². The van der Waals surface area contributed by atoms with Gasteiger partial charge in [0.05, 0.1) is 5.69 Å².